The van der Waals surface area contributed by atoms with Gasteiger partial charge in [-0.05, 0) is 43.5 Å². The van der Waals surface area contributed by atoms with Crippen LogP contribution in [0.3, 0.4) is 0 Å². The second kappa shape index (κ2) is 12.0. The quantitative estimate of drug-likeness (QED) is 0.528. The second-order valence-electron chi connectivity index (χ2n) is 6.95. The Labute approximate surface area is 186 Å². The molecular weight excluding hydrogens is 448 g/mol. The van der Waals surface area contributed by atoms with E-state index in [2.05, 4.69) is 39.4 Å². The van der Waals surface area contributed by atoms with Crippen molar-refractivity contribution in [2.24, 2.45) is 0 Å². The largest absolute Gasteiger partial charge is 0.355 e. The molecule has 156 valence electrons. The molecule has 0 saturated carbocycles. The second-order valence-corrected chi connectivity index (χ2v) is 8.85. The number of halogens is 1. The molecule has 29 heavy (non-hydrogen) atoms. The third-order valence-corrected chi connectivity index (χ3v) is 6.10. The first-order valence-corrected chi connectivity index (χ1v) is 11.8. The number of thioether (sulfide) groups is 1. The van der Waals surface area contributed by atoms with Crippen LogP contribution in [0, 0.1) is 6.92 Å². The Hall–Kier alpha value is -1.79. The molecule has 1 N–H and O–H groups in total. The van der Waals surface area contributed by atoms with E-state index in [1.807, 2.05) is 51.1 Å². The van der Waals surface area contributed by atoms with Crippen LogP contribution < -0.4 is 5.32 Å². The van der Waals surface area contributed by atoms with Gasteiger partial charge < -0.3 is 10.2 Å². The van der Waals surface area contributed by atoms with Crippen LogP contribution in [0.2, 0.25) is 0 Å². The standard InChI is InChI=1S/C23H29BrN2O2S/c1-4-21(23(28)25-5-2)26(14-19-8-6-7-17(3)13-19)22(27)16-29-15-18-9-11-20(24)12-10-18/h6-13,21H,4-5,14-16H2,1-3H3,(H,25,28). The third kappa shape index (κ3) is 7.52. The predicted molar refractivity (Wildman–Crippen MR) is 125 cm³/mol. The predicted octanol–water partition coefficient (Wildman–Crippen LogP) is 4.93. The lowest BCUT2D eigenvalue weighted by Crippen LogP contribution is -2.49. The summed E-state index contributed by atoms with van der Waals surface area (Å²) in [5.41, 5.74) is 3.36. The molecule has 0 aliphatic rings. The van der Waals surface area contributed by atoms with E-state index in [0.717, 1.165) is 21.4 Å². The summed E-state index contributed by atoms with van der Waals surface area (Å²) in [6.07, 6.45) is 0.584. The van der Waals surface area contributed by atoms with E-state index in [4.69, 9.17) is 0 Å². The number of amides is 2. The molecule has 0 saturated heterocycles. The molecule has 2 amide bonds. The average Bonchev–Trinajstić information content (AvgIpc) is 2.69. The van der Waals surface area contributed by atoms with Gasteiger partial charge in [0, 0.05) is 23.3 Å². The van der Waals surface area contributed by atoms with Crippen molar-refractivity contribution in [3.05, 3.63) is 69.7 Å². The van der Waals surface area contributed by atoms with E-state index in [0.29, 0.717) is 25.3 Å². The number of benzene rings is 2. The minimum absolute atomic E-state index is 0.00767. The Morgan fingerprint density at radius 3 is 2.45 bits per heavy atom. The highest BCUT2D eigenvalue weighted by atomic mass is 79.9. The molecule has 4 nitrogen and oxygen atoms in total. The Morgan fingerprint density at radius 2 is 1.83 bits per heavy atom. The Bertz CT molecular complexity index is 811. The van der Waals surface area contributed by atoms with E-state index in [1.165, 1.54) is 5.56 Å². The van der Waals surface area contributed by atoms with Crippen molar-refractivity contribution in [2.75, 3.05) is 12.3 Å². The van der Waals surface area contributed by atoms with Crippen LogP contribution >= 0.6 is 27.7 Å². The van der Waals surface area contributed by atoms with Crippen LogP contribution in [-0.2, 0) is 21.9 Å². The Balaban J connectivity index is 2.10. The molecule has 0 aromatic heterocycles. The number of nitrogens with one attached hydrogen (secondary N) is 1. The number of aryl methyl sites for hydroxylation is 1. The number of rotatable bonds is 10. The smallest absolute Gasteiger partial charge is 0.242 e. The van der Waals surface area contributed by atoms with Crippen LogP contribution in [0.25, 0.3) is 0 Å². The summed E-state index contributed by atoms with van der Waals surface area (Å²) in [6, 6.07) is 15.7. The summed E-state index contributed by atoms with van der Waals surface area (Å²) in [6.45, 7) is 6.87. The molecule has 1 atom stereocenters. The third-order valence-electron chi connectivity index (χ3n) is 4.58. The highest BCUT2D eigenvalue weighted by molar-refractivity contribution is 9.10. The lowest BCUT2D eigenvalue weighted by Gasteiger charge is -2.30. The first-order chi connectivity index (χ1) is 13.9. The fourth-order valence-corrected chi connectivity index (χ4v) is 4.27. The highest BCUT2D eigenvalue weighted by Crippen LogP contribution is 2.19. The van der Waals surface area contributed by atoms with Crippen molar-refractivity contribution in [2.45, 2.75) is 45.5 Å². The molecule has 1 unspecified atom stereocenters. The molecule has 0 bridgehead atoms. The lowest BCUT2D eigenvalue weighted by atomic mass is 10.1. The van der Waals surface area contributed by atoms with Crippen molar-refractivity contribution in [3.63, 3.8) is 0 Å². The summed E-state index contributed by atoms with van der Waals surface area (Å²) in [4.78, 5) is 27.4. The van der Waals surface area contributed by atoms with Crippen molar-refractivity contribution >= 4 is 39.5 Å². The molecule has 2 aromatic carbocycles. The van der Waals surface area contributed by atoms with Gasteiger partial charge in [0.15, 0.2) is 0 Å². The number of hydrogen-bond acceptors (Lipinski definition) is 3. The van der Waals surface area contributed by atoms with Crippen LogP contribution in [0.4, 0.5) is 0 Å². The van der Waals surface area contributed by atoms with Crippen LogP contribution in [0.5, 0.6) is 0 Å². The zero-order valence-corrected chi connectivity index (χ0v) is 19.7. The number of carbonyl (C=O) groups is 2. The summed E-state index contributed by atoms with van der Waals surface area (Å²) >= 11 is 5.01. The molecule has 0 spiro atoms. The number of nitrogens with zero attached hydrogens (tertiary/aromatic N) is 1. The van der Waals surface area contributed by atoms with Crippen LogP contribution in [0.15, 0.2) is 53.0 Å². The van der Waals surface area contributed by atoms with Gasteiger partial charge in [0.1, 0.15) is 6.04 Å². The molecule has 0 aliphatic heterocycles. The molecule has 0 fully saturated rings. The summed E-state index contributed by atoms with van der Waals surface area (Å²) in [5.74, 6) is 1.01. The lowest BCUT2D eigenvalue weighted by molar-refractivity contribution is -0.139. The van der Waals surface area contributed by atoms with Crippen molar-refractivity contribution in [1.29, 1.82) is 0 Å². The van der Waals surface area contributed by atoms with Gasteiger partial charge in [-0.2, -0.15) is 0 Å². The van der Waals surface area contributed by atoms with Crippen LogP contribution in [-0.4, -0.2) is 35.1 Å². The van der Waals surface area contributed by atoms with E-state index in [1.54, 1.807) is 16.7 Å². The zero-order valence-electron chi connectivity index (χ0n) is 17.3. The number of carbonyl (C=O) groups excluding carboxylic acids is 2. The van der Waals surface area contributed by atoms with Gasteiger partial charge >= 0.3 is 0 Å². The maximum atomic E-state index is 13.1. The van der Waals surface area contributed by atoms with Gasteiger partial charge in [0.25, 0.3) is 0 Å². The van der Waals surface area contributed by atoms with Gasteiger partial charge in [0.05, 0.1) is 5.75 Å². The molecule has 0 heterocycles. The van der Waals surface area contributed by atoms with E-state index >= 15 is 0 Å². The first-order valence-electron chi connectivity index (χ1n) is 9.89. The fraction of sp³-hybridized carbons (Fsp3) is 0.391. The van der Waals surface area contributed by atoms with E-state index in [9.17, 15) is 9.59 Å². The maximum Gasteiger partial charge on any atom is 0.242 e. The van der Waals surface area contributed by atoms with Crippen molar-refractivity contribution in [1.82, 2.24) is 10.2 Å². The number of likely N-dealkylation sites (N-methyl/N-ethyl adjacent to an activating group) is 1. The van der Waals surface area contributed by atoms with E-state index < -0.39 is 6.04 Å². The Kier molecular flexibility index (Phi) is 9.74. The minimum Gasteiger partial charge on any atom is -0.355 e. The topological polar surface area (TPSA) is 49.4 Å². The minimum atomic E-state index is -0.462. The molecule has 2 rings (SSSR count). The average molecular weight is 477 g/mol. The van der Waals surface area contributed by atoms with Crippen LogP contribution in [0.1, 0.15) is 37.0 Å². The van der Waals surface area contributed by atoms with Crippen molar-refractivity contribution in [3.8, 4) is 0 Å². The van der Waals surface area contributed by atoms with E-state index in [-0.39, 0.29) is 11.8 Å². The molecule has 0 aliphatic carbocycles. The number of hydrogen-bond donors (Lipinski definition) is 1. The van der Waals surface area contributed by atoms with Gasteiger partial charge in [-0.3, -0.25) is 9.59 Å². The van der Waals surface area contributed by atoms with Gasteiger partial charge in [-0.15, -0.1) is 11.8 Å². The highest BCUT2D eigenvalue weighted by Gasteiger charge is 2.28. The van der Waals surface area contributed by atoms with Gasteiger partial charge in [0.2, 0.25) is 11.8 Å². The molecule has 0 radical (unpaired) electrons. The molecule has 6 heteroatoms. The van der Waals surface area contributed by atoms with Gasteiger partial charge in [-0.1, -0.05) is 64.8 Å². The summed E-state index contributed by atoms with van der Waals surface area (Å²) < 4.78 is 1.04. The van der Waals surface area contributed by atoms with Gasteiger partial charge in [-0.25, -0.2) is 0 Å². The van der Waals surface area contributed by atoms with Crippen molar-refractivity contribution < 1.29 is 9.59 Å². The fourth-order valence-electron chi connectivity index (χ4n) is 3.14. The monoisotopic (exact) mass is 476 g/mol. The molecule has 2 aromatic rings. The normalized spacial score (nSPS) is 11.7. The first kappa shape index (κ1) is 23.5. The molecular formula is C23H29BrN2O2S. The summed E-state index contributed by atoms with van der Waals surface area (Å²) in [5, 5.41) is 2.87. The maximum absolute atomic E-state index is 13.1. The summed E-state index contributed by atoms with van der Waals surface area (Å²) in [7, 11) is 0. The zero-order chi connectivity index (χ0) is 21.2. The SMILES string of the molecule is CCNC(=O)C(CC)N(Cc1cccc(C)c1)C(=O)CSCc1ccc(Br)cc1. The Morgan fingerprint density at radius 1 is 1.10 bits per heavy atom.